The van der Waals surface area contributed by atoms with Gasteiger partial charge in [-0.2, -0.15) is 0 Å². The number of nitrogen functional groups attached to an aromatic ring is 1. The van der Waals surface area contributed by atoms with Crippen LogP contribution in [0, 0.1) is 12.7 Å². The molecule has 6 heteroatoms. The summed E-state index contributed by atoms with van der Waals surface area (Å²) in [4.78, 5) is 4.36. The number of halogens is 2. The third kappa shape index (κ3) is 3.20. The van der Waals surface area contributed by atoms with Crippen molar-refractivity contribution in [3.63, 3.8) is 0 Å². The van der Waals surface area contributed by atoms with E-state index in [0.29, 0.717) is 22.4 Å². The van der Waals surface area contributed by atoms with E-state index in [1.165, 1.54) is 6.07 Å². The lowest BCUT2D eigenvalue weighted by molar-refractivity contribution is 0.622. The molecule has 0 radical (unpaired) electrons. The van der Waals surface area contributed by atoms with Crippen LogP contribution < -0.4 is 11.1 Å². The lowest BCUT2D eigenvalue weighted by Crippen LogP contribution is -2.07. The van der Waals surface area contributed by atoms with E-state index in [2.05, 4.69) is 26.2 Å². The average molecular weight is 330 g/mol. The summed E-state index contributed by atoms with van der Waals surface area (Å²) in [6, 6.07) is 2.95. The number of nitrogens with zero attached hydrogens (tertiary/aromatic N) is 1. The van der Waals surface area contributed by atoms with Gasteiger partial charge in [0, 0.05) is 24.4 Å². The van der Waals surface area contributed by atoms with Gasteiger partial charge in [0.15, 0.2) is 0 Å². The molecule has 0 atom stereocenters. The topological polar surface area (TPSA) is 50.9 Å². The second-order valence-electron chi connectivity index (χ2n) is 3.89. The summed E-state index contributed by atoms with van der Waals surface area (Å²) in [6.45, 7) is 2.65. The minimum absolute atomic E-state index is 0.323. The molecule has 1 aromatic heterocycles. The van der Waals surface area contributed by atoms with Gasteiger partial charge in [-0.3, -0.25) is 0 Å². The highest BCUT2D eigenvalue weighted by Crippen LogP contribution is 2.26. The molecule has 2 aromatic rings. The molecule has 18 heavy (non-hydrogen) atoms. The van der Waals surface area contributed by atoms with Crippen LogP contribution in [-0.4, -0.2) is 11.5 Å². The Kier molecular flexibility index (Phi) is 4.19. The number of hydrogen-bond acceptors (Lipinski definition) is 4. The van der Waals surface area contributed by atoms with E-state index < -0.39 is 0 Å². The maximum atomic E-state index is 13.4. The van der Waals surface area contributed by atoms with Crippen LogP contribution in [0.5, 0.6) is 0 Å². The van der Waals surface area contributed by atoms with Gasteiger partial charge in [0.2, 0.25) is 0 Å². The lowest BCUT2D eigenvalue weighted by Gasteiger charge is -2.09. The van der Waals surface area contributed by atoms with Crippen LogP contribution >= 0.6 is 27.3 Å². The predicted octanol–water partition coefficient (Wildman–Crippen LogP) is 3.59. The SMILES string of the molecule is Cc1nc(CCNc2cc(F)c(Br)cc2N)cs1. The van der Waals surface area contributed by atoms with Crippen LogP contribution in [0.1, 0.15) is 10.7 Å². The standard InChI is InChI=1S/C12H13BrFN3S/c1-7-17-8(6-18-7)2-3-16-12-5-10(14)9(13)4-11(12)15/h4-6,16H,2-3,15H2,1H3. The Morgan fingerprint density at radius 1 is 1.50 bits per heavy atom. The summed E-state index contributed by atoms with van der Waals surface area (Å²) in [5.74, 6) is -0.323. The largest absolute Gasteiger partial charge is 0.397 e. The van der Waals surface area contributed by atoms with Gasteiger partial charge < -0.3 is 11.1 Å². The molecule has 3 N–H and O–H groups in total. The molecule has 0 spiro atoms. The number of nitrogens with two attached hydrogens (primary N) is 1. The fourth-order valence-corrected chi connectivity index (χ4v) is 2.57. The Hall–Kier alpha value is -1.14. The Morgan fingerprint density at radius 3 is 2.94 bits per heavy atom. The zero-order valence-corrected chi connectivity index (χ0v) is 12.2. The van der Waals surface area contributed by atoms with Crippen LogP contribution in [0.3, 0.4) is 0 Å². The first-order valence-corrected chi connectivity index (χ1v) is 7.13. The van der Waals surface area contributed by atoms with Gasteiger partial charge in [0.25, 0.3) is 0 Å². The third-order valence-electron chi connectivity index (χ3n) is 2.46. The summed E-state index contributed by atoms with van der Waals surface area (Å²) in [6.07, 6.45) is 0.793. The molecule has 0 amide bonds. The van der Waals surface area contributed by atoms with Gasteiger partial charge in [-0.25, -0.2) is 9.37 Å². The molecule has 0 fully saturated rings. The van der Waals surface area contributed by atoms with Crippen LogP contribution in [0.15, 0.2) is 22.0 Å². The number of aromatic nitrogens is 1. The molecule has 0 bridgehead atoms. The minimum Gasteiger partial charge on any atom is -0.397 e. The second kappa shape index (κ2) is 5.67. The monoisotopic (exact) mass is 329 g/mol. The van der Waals surface area contributed by atoms with E-state index in [4.69, 9.17) is 5.73 Å². The van der Waals surface area contributed by atoms with Crippen LogP contribution in [-0.2, 0) is 6.42 Å². The molecule has 96 valence electrons. The third-order valence-corrected chi connectivity index (χ3v) is 3.89. The highest BCUT2D eigenvalue weighted by atomic mass is 79.9. The Morgan fingerprint density at radius 2 is 2.28 bits per heavy atom. The number of rotatable bonds is 4. The van der Waals surface area contributed by atoms with Crippen molar-refractivity contribution in [2.24, 2.45) is 0 Å². The minimum atomic E-state index is -0.323. The molecule has 0 saturated heterocycles. The maximum Gasteiger partial charge on any atom is 0.139 e. The normalized spacial score (nSPS) is 10.6. The van der Waals surface area contributed by atoms with Gasteiger partial charge in [0.05, 0.1) is 26.5 Å². The number of aryl methyl sites for hydroxylation is 1. The van der Waals surface area contributed by atoms with Crippen molar-refractivity contribution in [2.75, 3.05) is 17.6 Å². The first kappa shape index (κ1) is 13.3. The highest BCUT2D eigenvalue weighted by molar-refractivity contribution is 9.10. The van der Waals surface area contributed by atoms with Crippen molar-refractivity contribution in [1.29, 1.82) is 0 Å². The zero-order chi connectivity index (χ0) is 13.1. The number of hydrogen-bond donors (Lipinski definition) is 2. The summed E-state index contributed by atoms with van der Waals surface area (Å²) < 4.78 is 13.7. The fourth-order valence-electron chi connectivity index (χ4n) is 1.56. The number of thiazole rings is 1. The van der Waals surface area contributed by atoms with E-state index in [1.54, 1.807) is 17.4 Å². The van der Waals surface area contributed by atoms with Crippen molar-refractivity contribution >= 4 is 38.6 Å². The summed E-state index contributed by atoms with van der Waals surface area (Å²) in [5, 5.41) is 6.20. The van der Waals surface area contributed by atoms with E-state index in [0.717, 1.165) is 17.1 Å². The molecule has 2 rings (SSSR count). The highest BCUT2D eigenvalue weighted by Gasteiger charge is 2.06. The molecule has 0 aliphatic carbocycles. The van der Waals surface area contributed by atoms with Crippen molar-refractivity contribution < 1.29 is 4.39 Å². The predicted molar refractivity (Wildman–Crippen MR) is 77.6 cm³/mol. The lowest BCUT2D eigenvalue weighted by atomic mass is 10.2. The fraction of sp³-hybridized carbons (Fsp3) is 0.250. The maximum absolute atomic E-state index is 13.4. The average Bonchev–Trinajstić information content (AvgIpc) is 2.71. The van der Waals surface area contributed by atoms with E-state index in [9.17, 15) is 4.39 Å². The molecule has 3 nitrogen and oxygen atoms in total. The van der Waals surface area contributed by atoms with E-state index in [1.807, 2.05) is 12.3 Å². The van der Waals surface area contributed by atoms with Crippen molar-refractivity contribution in [3.8, 4) is 0 Å². The van der Waals surface area contributed by atoms with Gasteiger partial charge >= 0.3 is 0 Å². The molecule has 0 unspecified atom stereocenters. The summed E-state index contributed by atoms with van der Waals surface area (Å²) in [5.41, 5.74) is 7.98. The van der Waals surface area contributed by atoms with Gasteiger partial charge in [0.1, 0.15) is 5.82 Å². The van der Waals surface area contributed by atoms with Gasteiger partial charge in [-0.05, 0) is 28.9 Å². The van der Waals surface area contributed by atoms with Crippen molar-refractivity contribution in [1.82, 2.24) is 4.98 Å². The molecular formula is C12H13BrFN3S. The summed E-state index contributed by atoms with van der Waals surface area (Å²) in [7, 11) is 0. The number of anilines is 2. The van der Waals surface area contributed by atoms with E-state index in [-0.39, 0.29) is 5.82 Å². The number of benzene rings is 1. The second-order valence-corrected chi connectivity index (χ2v) is 5.80. The van der Waals surface area contributed by atoms with Crippen molar-refractivity contribution in [2.45, 2.75) is 13.3 Å². The Balaban J connectivity index is 1.96. The zero-order valence-electron chi connectivity index (χ0n) is 9.84. The molecule has 1 heterocycles. The van der Waals surface area contributed by atoms with Gasteiger partial charge in [-0.15, -0.1) is 11.3 Å². The van der Waals surface area contributed by atoms with Crippen molar-refractivity contribution in [3.05, 3.63) is 38.5 Å². The molecular weight excluding hydrogens is 317 g/mol. The first-order chi connectivity index (χ1) is 8.56. The number of nitrogens with one attached hydrogen (secondary N) is 1. The molecule has 0 aliphatic heterocycles. The Bertz CT molecular complexity index is 556. The quantitative estimate of drug-likeness (QED) is 0.843. The summed E-state index contributed by atoms with van der Waals surface area (Å²) >= 11 is 4.72. The first-order valence-electron chi connectivity index (χ1n) is 5.45. The molecule has 0 saturated carbocycles. The Labute approximate surface area is 117 Å². The van der Waals surface area contributed by atoms with Crippen LogP contribution in [0.25, 0.3) is 0 Å². The van der Waals surface area contributed by atoms with E-state index >= 15 is 0 Å². The molecule has 0 aliphatic rings. The van der Waals surface area contributed by atoms with Crippen LogP contribution in [0.4, 0.5) is 15.8 Å². The van der Waals surface area contributed by atoms with Crippen LogP contribution in [0.2, 0.25) is 0 Å². The van der Waals surface area contributed by atoms with Gasteiger partial charge in [-0.1, -0.05) is 0 Å². The molecule has 1 aromatic carbocycles. The smallest absolute Gasteiger partial charge is 0.139 e.